The molecule has 0 amide bonds. The Morgan fingerprint density at radius 2 is 1.81 bits per heavy atom. The predicted octanol–water partition coefficient (Wildman–Crippen LogP) is 4.92. The number of aliphatic imine (C=N–C) groups is 1. The average Bonchev–Trinajstić information content (AvgIpc) is 2.67. The SMILES string of the molecule is CC1=NC2=C(C(=O)C[C@@H](c3ccccc3)C2)[C@@H](c2cccc(F)c2)C1C#N. The van der Waals surface area contributed by atoms with Crippen LogP contribution in [0.3, 0.4) is 0 Å². The van der Waals surface area contributed by atoms with Crippen molar-refractivity contribution in [3.8, 4) is 6.07 Å². The Morgan fingerprint density at radius 3 is 2.52 bits per heavy atom. The van der Waals surface area contributed by atoms with Gasteiger partial charge in [0.2, 0.25) is 0 Å². The van der Waals surface area contributed by atoms with Gasteiger partial charge in [0.25, 0.3) is 0 Å². The molecule has 3 nitrogen and oxygen atoms in total. The molecule has 0 saturated carbocycles. The minimum absolute atomic E-state index is 0.0101. The van der Waals surface area contributed by atoms with E-state index in [2.05, 4.69) is 11.1 Å². The topological polar surface area (TPSA) is 53.2 Å². The molecule has 0 radical (unpaired) electrons. The lowest BCUT2D eigenvalue weighted by Gasteiger charge is -2.35. The van der Waals surface area contributed by atoms with Crippen molar-refractivity contribution in [1.82, 2.24) is 0 Å². The first-order valence-corrected chi connectivity index (χ1v) is 9.10. The molecular formula is C23H19FN2O. The van der Waals surface area contributed by atoms with E-state index in [1.54, 1.807) is 12.1 Å². The largest absolute Gasteiger partial charge is 0.294 e. The maximum Gasteiger partial charge on any atom is 0.161 e. The molecule has 0 saturated heterocycles. The van der Waals surface area contributed by atoms with E-state index in [-0.39, 0.29) is 17.5 Å². The first-order valence-electron chi connectivity index (χ1n) is 9.10. The molecule has 27 heavy (non-hydrogen) atoms. The second kappa shape index (κ2) is 6.92. The van der Waals surface area contributed by atoms with Crippen LogP contribution in [0.2, 0.25) is 0 Å². The van der Waals surface area contributed by atoms with Crippen LogP contribution >= 0.6 is 0 Å². The Morgan fingerprint density at radius 1 is 1.07 bits per heavy atom. The van der Waals surface area contributed by atoms with E-state index in [0.29, 0.717) is 29.7 Å². The van der Waals surface area contributed by atoms with Crippen molar-refractivity contribution in [2.45, 2.75) is 31.6 Å². The normalized spacial score (nSPS) is 24.9. The van der Waals surface area contributed by atoms with Gasteiger partial charge in [-0.1, -0.05) is 42.5 Å². The van der Waals surface area contributed by atoms with Crippen LogP contribution in [0, 0.1) is 23.1 Å². The van der Waals surface area contributed by atoms with Crippen LogP contribution in [0.5, 0.6) is 0 Å². The van der Waals surface area contributed by atoms with Crippen LogP contribution < -0.4 is 0 Å². The second-order valence-corrected chi connectivity index (χ2v) is 7.19. The minimum atomic E-state index is -0.553. The monoisotopic (exact) mass is 358 g/mol. The molecule has 3 atom stereocenters. The summed E-state index contributed by atoms with van der Waals surface area (Å²) in [5, 5.41) is 9.71. The number of Topliss-reactive ketones (excluding diaryl/α,β-unsaturated/α-hetero) is 1. The van der Waals surface area contributed by atoms with Crippen LogP contribution in [0.1, 0.15) is 42.7 Å². The summed E-state index contributed by atoms with van der Waals surface area (Å²) in [7, 11) is 0. The van der Waals surface area contributed by atoms with Crippen LogP contribution in [-0.2, 0) is 4.79 Å². The van der Waals surface area contributed by atoms with Crippen molar-refractivity contribution >= 4 is 11.5 Å². The summed E-state index contributed by atoms with van der Waals surface area (Å²) < 4.78 is 13.8. The molecule has 0 aromatic heterocycles. The first-order chi connectivity index (χ1) is 13.1. The molecule has 134 valence electrons. The molecule has 1 heterocycles. The number of allylic oxidation sites excluding steroid dienone is 2. The zero-order chi connectivity index (χ0) is 19.0. The van der Waals surface area contributed by atoms with Crippen LogP contribution in [0.4, 0.5) is 4.39 Å². The van der Waals surface area contributed by atoms with Crippen molar-refractivity contribution in [2.75, 3.05) is 0 Å². The van der Waals surface area contributed by atoms with Crippen LogP contribution in [0.15, 0.2) is 70.9 Å². The zero-order valence-corrected chi connectivity index (χ0v) is 15.0. The molecule has 0 N–H and O–H groups in total. The number of hydrogen-bond donors (Lipinski definition) is 0. The minimum Gasteiger partial charge on any atom is -0.294 e. The number of carbonyl (C=O) groups excluding carboxylic acids is 1. The number of benzene rings is 2. The number of carbonyl (C=O) groups is 1. The van der Waals surface area contributed by atoms with Gasteiger partial charge in [-0.15, -0.1) is 0 Å². The van der Waals surface area contributed by atoms with Crippen molar-refractivity contribution in [3.63, 3.8) is 0 Å². The van der Waals surface area contributed by atoms with Gasteiger partial charge >= 0.3 is 0 Å². The number of halogens is 1. The van der Waals surface area contributed by atoms with Gasteiger partial charge in [0.15, 0.2) is 5.78 Å². The number of rotatable bonds is 2. The third-order valence-corrected chi connectivity index (χ3v) is 5.51. The van der Waals surface area contributed by atoms with E-state index in [9.17, 15) is 14.4 Å². The number of hydrogen-bond acceptors (Lipinski definition) is 3. The molecule has 1 aliphatic carbocycles. The van der Waals surface area contributed by atoms with Gasteiger partial charge < -0.3 is 0 Å². The van der Waals surface area contributed by atoms with E-state index in [0.717, 1.165) is 11.3 Å². The fourth-order valence-corrected chi connectivity index (χ4v) is 4.25. The summed E-state index contributed by atoms with van der Waals surface area (Å²) >= 11 is 0. The Balaban J connectivity index is 1.81. The number of nitrogens with zero attached hydrogens (tertiary/aromatic N) is 2. The molecule has 0 fully saturated rings. The summed E-state index contributed by atoms with van der Waals surface area (Å²) in [6, 6.07) is 18.5. The van der Waals surface area contributed by atoms with Gasteiger partial charge in [0.05, 0.1) is 12.0 Å². The van der Waals surface area contributed by atoms with Gasteiger partial charge in [-0.2, -0.15) is 5.26 Å². The Labute approximate surface area is 157 Å². The van der Waals surface area contributed by atoms with Crippen molar-refractivity contribution in [2.24, 2.45) is 10.9 Å². The highest BCUT2D eigenvalue weighted by molar-refractivity contribution is 6.03. The maximum atomic E-state index is 13.8. The summed E-state index contributed by atoms with van der Waals surface area (Å²) in [5.74, 6) is -1.28. The standard InChI is InChI=1S/C23H19FN2O/c1-14-19(13-25)22(16-8-5-9-18(24)10-16)23-20(26-14)11-17(12-21(23)27)15-6-3-2-4-7-15/h2-10,17,19,22H,11-12H2,1H3/t17-,19?,22-/m0/s1. The Kier molecular flexibility index (Phi) is 4.45. The molecule has 0 bridgehead atoms. The summed E-state index contributed by atoms with van der Waals surface area (Å²) in [6.45, 7) is 1.82. The smallest absolute Gasteiger partial charge is 0.161 e. The summed E-state index contributed by atoms with van der Waals surface area (Å²) in [5.41, 5.74) is 3.81. The third kappa shape index (κ3) is 3.10. The molecule has 4 rings (SSSR count). The first kappa shape index (κ1) is 17.4. The highest BCUT2D eigenvalue weighted by Crippen LogP contribution is 2.46. The van der Waals surface area contributed by atoms with Gasteiger partial charge in [-0.25, -0.2) is 4.39 Å². The van der Waals surface area contributed by atoms with Crippen molar-refractivity contribution in [3.05, 3.63) is 82.8 Å². The average molecular weight is 358 g/mol. The van der Waals surface area contributed by atoms with Crippen LogP contribution in [0.25, 0.3) is 0 Å². The predicted molar refractivity (Wildman–Crippen MR) is 102 cm³/mol. The molecule has 2 aliphatic rings. The van der Waals surface area contributed by atoms with E-state index >= 15 is 0 Å². The lowest BCUT2D eigenvalue weighted by Crippen LogP contribution is -2.32. The van der Waals surface area contributed by atoms with Crippen LogP contribution in [-0.4, -0.2) is 11.5 Å². The lowest BCUT2D eigenvalue weighted by atomic mass is 9.69. The molecule has 1 aliphatic heterocycles. The maximum absolute atomic E-state index is 13.8. The number of nitriles is 1. The van der Waals surface area contributed by atoms with E-state index in [1.165, 1.54) is 12.1 Å². The molecule has 2 aromatic carbocycles. The summed E-state index contributed by atoms with van der Waals surface area (Å²) in [6.07, 6.45) is 1.05. The highest BCUT2D eigenvalue weighted by atomic mass is 19.1. The highest BCUT2D eigenvalue weighted by Gasteiger charge is 2.41. The third-order valence-electron chi connectivity index (χ3n) is 5.51. The molecule has 4 heteroatoms. The zero-order valence-electron chi connectivity index (χ0n) is 15.0. The number of ketones is 1. The lowest BCUT2D eigenvalue weighted by molar-refractivity contribution is -0.116. The Hall–Kier alpha value is -3.06. The molecule has 1 unspecified atom stereocenters. The van der Waals surface area contributed by atoms with E-state index < -0.39 is 11.8 Å². The fourth-order valence-electron chi connectivity index (χ4n) is 4.25. The molecule has 0 spiro atoms. The van der Waals surface area contributed by atoms with Crippen molar-refractivity contribution < 1.29 is 9.18 Å². The Bertz CT molecular complexity index is 1000. The molecule has 2 aromatic rings. The second-order valence-electron chi connectivity index (χ2n) is 7.19. The van der Waals surface area contributed by atoms with Gasteiger partial charge in [-0.3, -0.25) is 9.79 Å². The summed E-state index contributed by atoms with van der Waals surface area (Å²) in [4.78, 5) is 17.8. The quantitative estimate of drug-likeness (QED) is 0.765. The van der Waals surface area contributed by atoms with Crippen molar-refractivity contribution in [1.29, 1.82) is 5.26 Å². The van der Waals surface area contributed by atoms with E-state index in [1.807, 2.05) is 37.3 Å². The van der Waals surface area contributed by atoms with Gasteiger partial charge in [0.1, 0.15) is 5.82 Å². The molecular weight excluding hydrogens is 339 g/mol. The van der Waals surface area contributed by atoms with Gasteiger partial charge in [0, 0.05) is 29.3 Å². The van der Waals surface area contributed by atoms with E-state index in [4.69, 9.17) is 0 Å². The fraction of sp³-hybridized carbons (Fsp3) is 0.261. The van der Waals surface area contributed by atoms with Gasteiger partial charge in [-0.05, 0) is 42.5 Å².